The van der Waals surface area contributed by atoms with Gasteiger partial charge in [0, 0.05) is 11.1 Å². The van der Waals surface area contributed by atoms with Gasteiger partial charge >= 0.3 is 0 Å². The van der Waals surface area contributed by atoms with Gasteiger partial charge in [0.2, 0.25) is 0 Å². The van der Waals surface area contributed by atoms with Gasteiger partial charge in [-0.3, -0.25) is 0 Å². The summed E-state index contributed by atoms with van der Waals surface area (Å²) in [6, 6.07) is 19.5. The highest BCUT2D eigenvalue weighted by Crippen LogP contribution is 2.40. The van der Waals surface area contributed by atoms with E-state index in [-0.39, 0.29) is 11.5 Å². The molecule has 2 nitrogen and oxygen atoms in total. The molecule has 26 heavy (non-hydrogen) atoms. The van der Waals surface area contributed by atoms with Crippen molar-refractivity contribution >= 4 is 0 Å². The molecule has 134 valence electrons. The second-order valence-electron chi connectivity index (χ2n) is 7.44. The maximum atomic E-state index is 10.5. The zero-order valence-corrected chi connectivity index (χ0v) is 15.8. The summed E-state index contributed by atoms with van der Waals surface area (Å²) in [4.78, 5) is 0. The van der Waals surface area contributed by atoms with E-state index in [1.165, 1.54) is 11.1 Å². The largest absolute Gasteiger partial charge is 0.507 e. The fourth-order valence-corrected chi connectivity index (χ4v) is 3.13. The maximum absolute atomic E-state index is 10.5. The highest BCUT2D eigenvalue weighted by atomic mass is 16.3. The van der Waals surface area contributed by atoms with Gasteiger partial charge in [-0.2, -0.15) is 0 Å². The highest BCUT2D eigenvalue weighted by Gasteiger charge is 2.13. The molecule has 0 aliphatic carbocycles. The summed E-state index contributed by atoms with van der Waals surface area (Å²) < 4.78 is 0. The molecule has 2 N–H and O–H groups in total. The number of rotatable bonds is 4. The van der Waals surface area contributed by atoms with Crippen LogP contribution in [0.15, 0.2) is 60.7 Å². The zero-order chi connectivity index (χ0) is 18.8. The monoisotopic (exact) mass is 346 g/mol. The Balaban J connectivity index is 1.98. The number of hydrogen-bond donors (Lipinski definition) is 2. The topological polar surface area (TPSA) is 40.5 Å². The molecule has 0 heterocycles. The molecular weight excluding hydrogens is 320 g/mol. The molecule has 0 radical (unpaired) electrons. The smallest absolute Gasteiger partial charge is 0.124 e. The lowest BCUT2D eigenvalue weighted by Gasteiger charge is -2.13. The third kappa shape index (κ3) is 3.60. The Morgan fingerprint density at radius 1 is 0.538 bits per heavy atom. The molecule has 3 aromatic rings. The van der Waals surface area contributed by atoms with E-state index >= 15 is 0 Å². The molecule has 0 aliphatic heterocycles. The average Bonchev–Trinajstić information content (AvgIpc) is 2.63. The summed E-state index contributed by atoms with van der Waals surface area (Å²) >= 11 is 0. The van der Waals surface area contributed by atoms with E-state index in [4.69, 9.17) is 0 Å². The van der Waals surface area contributed by atoms with Crippen molar-refractivity contribution in [2.75, 3.05) is 0 Å². The number of hydrogen-bond acceptors (Lipinski definition) is 2. The van der Waals surface area contributed by atoms with E-state index in [2.05, 4.69) is 52.0 Å². The van der Waals surface area contributed by atoms with Crippen molar-refractivity contribution in [2.24, 2.45) is 0 Å². The van der Waals surface area contributed by atoms with Crippen molar-refractivity contribution in [3.8, 4) is 33.8 Å². The molecule has 0 bridgehead atoms. The molecule has 0 aliphatic rings. The van der Waals surface area contributed by atoms with E-state index in [9.17, 15) is 10.2 Å². The van der Waals surface area contributed by atoms with Crippen molar-refractivity contribution in [1.82, 2.24) is 0 Å². The Morgan fingerprint density at radius 2 is 0.846 bits per heavy atom. The minimum Gasteiger partial charge on any atom is -0.507 e. The first-order valence-corrected chi connectivity index (χ1v) is 9.13. The highest BCUT2D eigenvalue weighted by molar-refractivity contribution is 5.80. The van der Waals surface area contributed by atoms with Crippen LogP contribution < -0.4 is 0 Å². The van der Waals surface area contributed by atoms with Crippen LogP contribution in [-0.2, 0) is 0 Å². The molecule has 0 aromatic heterocycles. The van der Waals surface area contributed by atoms with Gasteiger partial charge in [0.15, 0.2) is 0 Å². The molecule has 0 fully saturated rings. The summed E-state index contributed by atoms with van der Waals surface area (Å²) in [5.41, 5.74) is 5.56. The predicted octanol–water partition coefficient (Wildman–Crippen LogP) is 6.68. The van der Waals surface area contributed by atoms with Crippen molar-refractivity contribution < 1.29 is 10.2 Å². The number of phenols is 2. The van der Waals surface area contributed by atoms with Crippen LogP contribution in [-0.4, -0.2) is 10.2 Å². The van der Waals surface area contributed by atoms with Gasteiger partial charge in [-0.15, -0.1) is 0 Å². The van der Waals surface area contributed by atoms with Crippen molar-refractivity contribution in [3.63, 3.8) is 0 Å². The van der Waals surface area contributed by atoms with Crippen LogP contribution in [0.5, 0.6) is 11.5 Å². The molecular formula is C24H26O2. The molecule has 0 spiro atoms. The van der Waals surface area contributed by atoms with Crippen LogP contribution in [0.25, 0.3) is 22.3 Å². The van der Waals surface area contributed by atoms with Gasteiger partial charge in [-0.25, -0.2) is 0 Å². The standard InChI is InChI=1S/C24H26O2/c1-15(2)17-5-9-19(10-6-17)21-13-24(26)22(14-23(21)25)20-11-7-18(8-12-20)16(3)4/h5-16,25-26H,1-4H3. The fourth-order valence-electron chi connectivity index (χ4n) is 3.13. The molecule has 0 saturated carbocycles. The van der Waals surface area contributed by atoms with Gasteiger partial charge in [0.05, 0.1) is 0 Å². The normalized spacial score (nSPS) is 11.3. The second-order valence-corrected chi connectivity index (χ2v) is 7.44. The Hall–Kier alpha value is -2.74. The van der Waals surface area contributed by atoms with E-state index in [0.29, 0.717) is 23.0 Å². The van der Waals surface area contributed by atoms with Crippen LogP contribution in [0, 0.1) is 0 Å². The Labute approximate surface area is 155 Å². The van der Waals surface area contributed by atoms with E-state index in [1.807, 2.05) is 24.3 Å². The van der Waals surface area contributed by atoms with E-state index < -0.39 is 0 Å². The molecule has 0 saturated heterocycles. The minimum absolute atomic E-state index is 0.169. The lowest BCUT2D eigenvalue weighted by atomic mass is 9.94. The van der Waals surface area contributed by atoms with Gasteiger partial charge in [-0.1, -0.05) is 76.2 Å². The molecule has 0 unspecified atom stereocenters. The molecule has 3 rings (SSSR count). The Bertz CT molecular complexity index is 811. The van der Waals surface area contributed by atoms with E-state index in [0.717, 1.165) is 11.1 Å². The third-order valence-corrected chi connectivity index (χ3v) is 4.89. The predicted molar refractivity (Wildman–Crippen MR) is 109 cm³/mol. The van der Waals surface area contributed by atoms with Gasteiger partial charge < -0.3 is 10.2 Å². The molecule has 2 heteroatoms. The first-order valence-electron chi connectivity index (χ1n) is 9.13. The van der Waals surface area contributed by atoms with Gasteiger partial charge in [-0.05, 0) is 46.2 Å². The van der Waals surface area contributed by atoms with Gasteiger partial charge in [0.1, 0.15) is 11.5 Å². The number of aromatic hydroxyl groups is 2. The van der Waals surface area contributed by atoms with Crippen LogP contribution in [0.1, 0.15) is 50.7 Å². The first-order chi connectivity index (χ1) is 12.4. The summed E-state index contributed by atoms with van der Waals surface area (Å²) in [5, 5.41) is 21.1. The van der Waals surface area contributed by atoms with Crippen LogP contribution in [0.4, 0.5) is 0 Å². The van der Waals surface area contributed by atoms with Crippen LogP contribution in [0.3, 0.4) is 0 Å². The Kier molecular flexibility index (Phi) is 5.03. The minimum atomic E-state index is 0.169. The fraction of sp³-hybridized carbons (Fsp3) is 0.250. The molecule has 0 amide bonds. The summed E-state index contributed by atoms with van der Waals surface area (Å²) in [6.45, 7) is 8.60. The zero-order valence-electron chi connectivity index (χ0n) is 15.8. The summed E-state index contributed by atoms with van der Waals surface area (Å²) in [7, 11) is 0. The SMILES string of the molecule is CC(C)c1ccc(-c2cc(O)c(-c3ccc(C(C)C)cc3)cc2O)cc1. The lowest BCUT2D eigenvalue weighted by Crippen LogP contribution is -1.89. The van der Waals surface area contributed by atoms with Crippen LogP contribution >= 0.6 is 0 Å². The van der Waals surface area contributed by atoms with Crippen molar-refractivity contribution in [2.45, 2.75) is 39.5 Å². The molecule has 3 aromatic carbocycles. The second kappa shape index (κ2) is 7.25. The Morgan fingerprint density at radius 3 is 1.12 bits per heavy atom. The third-order valence-electron chi connectivity index (χ3n) is 4.89. The number of benzene rings is 3. The quantitative estimate of drug-likeness (QED) is 0.517. The number of phenolic OH excluding ortho intramolecular Hbond substituents is 2. The summed E-state index contributed by atoms with van der Waals surface area (Å²) in [5.74, 6) is 1.26. The molecule has 0 atom stereocenters. The first kappa shape index (κ1) is 18.1. The van der Waals surface area contributed by atoms with E-state index in [1.54, 1.807) is 12.1 Å². The van der Waals surface area contributed by atoms with Crippen LogP contribution in [0.2, 0.25) is 0 Å². The van der Waals surface area contributed by atoms with Crippen molar-refractivity contribution in [3.05, 3.63) is 71.8 Å². The maximum Gasteiger partial charge on any atom is 0.124 e. The summed E-state index contributed by atoms with van der Waals surface area (Å²) in [6.07, 6.45) is 0. The average molecular weight is 346 g/mol. The van der Waals surface area contributed by atoms with Crippen molar-refractivity contribution in [1.29, 1.82) is 0 Å². The lowest BCUT2D eigenvalue weighted by molar-refractivity contribution is 0.463. The van der Waals surface area contributed by atoms with Gasteiger partial charge in [0.25, 0.3) is 0 Å².